The molecule has 0 atom stereocenters. The van der Waals surface area contributed by atoms with Crippen molar-refractivity contribution >= 4 is 0 Å². The first-order valence-corrected chi connectivity index (χ1v) is 7.31. The number of rotatable bonds is 3. The highest BCUT2D eigenvalue weighted by Gasteiger charge is 2.07. The molecular formula is C19H17N3+2. The molecular weight excluding hydrogens is 270 g/mol. The van der Waals surface area contributed by atoms with Crippen molar-refractivity contribution in [3.63, 3.8) is 0 Å². The lowest BCUT2D eigenvalue weighted by Gasteiger charge is -2.00. The fourth-order valence-electron chi connectivity index (χ4n) is 2.36. The second kappa shape index (κ2) is 6.19. The molecule has 0 aliphatic rings. The summed E-state index contributed by atoms with van der Waals surface area (Å²) in [5.41, 5.74) is 4.11. The highest BCUT2D eigenvalue weighted by atomic mass is 14.9. The van der Waals surface area contributed by atoms with Crippen LogP contribution in [0.3, 0.4) is 0 Å². The third-order valence-corrected chi connectivity index (χ3v) is 3.71. The van der Waals surface area contributed by atoms with E-state index in [2.05, 4.69) is 54.2 Å². The number of pyridine rings is 2. The van der Waals surface area contributed by atoms with Gasteiger partial charge in [0.15, 0.2) is 24.8 Å². The zero-order valence-electron chi connectivity index (χ0n) is 12.5. The lowest BCUT2D eigenvalue weighted by Crippen LogP contribution is -2.30. The lowest BCUT2D eigenvalue weighted by atomic mass is 10.1. The van der Waals surface area contributed by atoms with Crippen LogP contribution in [-0.4, -0.2) is 0 Å². The molecule has 0 aliphatic carbocycles. The third-order valence-electron chi connectivity index (χ3n) is 3.71. The number of aromatic nitrogens is 2. The summed E-state index contributed by atoms with van der Waals surface area (Å²) in [4.78, 5) is 0. The van der Waals surface area contributed by atoms with Crippen molar-refractivity contribution in [3.8, 4) is 22.9 Å². The Morgan fingerprint density at radius 2 is 1.36 bits per heavy atom. The van der Waals surface area contributed by atoms with Crippen molar-refractivity contribution in [1.29, 1.82) is 5.26 Å². The molecule has 2 aromatic heterocycles. The molecule has 0 radical (unpaired) electrons. The van der Waals surface area contributed by atoms with Crippen LogP contribution in [0.15, 0.2) is 73.3 Å². The van der Waals surface area contributed by atoms with Gasteiger partial charge in [-0.15, -0.1) is 0 Å². The molecule has 0 unspecified atom stereocenters. The molecule has 0 N–H and O–H groups in total. The number of aryl methyl sites for hydroxylation is 1. The van der Waals surface area contributed by atoms with E-state index in [1.807, 2.05) is 41.2 Å². The summed E-state index contributed by atoms with van der Waals surface area (Å²) in [5, 5.41) is 8.84. The van der Waals surface area contributed by atoms with E-state index in [0.717, 1.165) is 12.2 Å². The van der Waals surface area contributed by atoms with Gasteiger partial charge in [-0.1, -0.05) is 0 Å². The number of nitrogens with zero attached hydrogens (tertiary/aromatic N) is 3. The van der Waals surface area contributed by atoms with E-state index < -0.39 is 0 Å². The molecule has 0 fully saturated rings. The van der Waals surface area contributed by atoms with Crippen molar-refractivity contribution in [2.24, 2.45) is 0 Å². The second-order valence-corrected chi connectivity index (χ2v) is 5.07. The molecule has 3 aromatic rings. The van der Waals surface area contributed by atoms with E-state index in [4.69, 9.17) is 5.26 Å². The summed E-state index contributed by atoms with van der Waals surface area (Å²) in [6.45, 7) is 3.11. The van der Waals surface area contributed by atoms with Crippen molar-refractivity contribution in [2.75, 3.05) is 0 Å². The van der Waals surface area contributed by atoms with Crippen LogP contribution >= 0.6 is 0 Å². The van der Waals surface area contributed by atoms with Gasteiger partial charge in [0.1, 0.15) is 6.54 Å². The number of hydrogen-bond donors (Lipinski definition) is 0. The highest BCUT2D eigenvalue weighted by Crippen LogP contribution is 2.16. The van der Waals surface area contributed by atoms with Gasteiger partial charge in [-0.05, 0) is 30.2 Å². The third kappa shape index (κ3) is 2.87. The average Bonchev–Trinajstić information content (AvgIpc) is 2.62. The van der Waals surface area contributed by atoms with E-state index >= 15 is 0 Å². The largest absolute Gasteiger partial charge is 0.210 e. The molecule has 3 nitrogen and oxygen atoms in total. The standard InChI is InChI=1S/C19H17N3/c1-2-21-11-7-17(8-12-21)18-9-13-22(14-10-18)19-5-3-16(15-20)4-6-19/h3-14H,2H2,1H3/q+2. The van der Waals surface area contributed by atoms with Gasteiger partial charge in [-0.25, -0.2) is 4.57 Å². The molecule has 0 amide bonds. The Kier molecular flexibility index (Phi) is 3.93. The summed E-state index contributed by atoms with van der Waals surface area (Å²) < 4.78 is 4.18. The minimum Gasteiger partial charge on any atom is -0.205 e. The summed E-state index contributed by atoms with van der Waals surface area (Å²) in [6, 6.07) is 18.2. The molecule has 0 saturated carbocycles. The predicted octanol–water partition coefficient (Wildman–Crippen LogP) is 2.81. The molecule has 3 heteroatoms. The average molecular weight is 287 g/mol. The number of hydrogen-bond acceptors (Lipinski definition) is 1. The maximum atomic E-state index is 8.84. The molecule has 2 heterocycles. The normalized spacial score (nSPS) is 10.2. The molecule has 0 saturated heterocycles. The zero-order chi connectivity index (χ0) is 15.4. The Balaban J connectivity index is 1.86. The van der Waals surface area contributed by atoms with Crippen molar-refractivity contribution < 1.29 is 9.13 Å². The van der Waals surface area contributed by atoms with Crippen LogP contribution in [0.5, 0.6) is 0 Å². The molecule has 0 aliphatic heterocycles. The van der Waals surface area contributed by atoms with Crippen molar-refractivity contribution in [2.45, 2.75) is 13.5 Å². The summed E-state index contributed by atoms with van der Waals surface area (Å²) in [7, 11) is 0. The van der Waals surface area contributed by atoms with Gasteiger partial charge in [-0.2, -0.15) is 9.83 Å². The van der Waals surface area contributed by atoms with Crippen molar-refractivity contribution in [1.82, 2.24) is 0 Å². The van der Waals surface area contributed by atoms with Gasteiger partial charge in [0.05, 0.1) is 11.6 Å². The van der Waals surface area contributed by atoms with Crippen LogP contribution in [0.2, 0.25) is 0 Å². The molecule has 3 rings (SSSR count). The Labute approximate surface area is 130 Å². The minimum absolute atomic E-state index is 0.675. The maximum Gasteiger partial charge on any atom is 0.210 e. The minimum atomic E-state index is 0.675. The molecule has 22 heavy (non-hydrogen) atoms. The fraction of sp³-hybridized carbons (Fsp3) is 0.105. The number of benzene rings is 1. The zero-order valence-corrected chi connectivity index (χ0v) is 12.5. The SMILES string of the molecule is CC[n+]1ccc(-c2cc[n+](-c3ccc(C#N)cc3)cc2)cc1. The van der Waals surface area contributed by atoms with E-state index in [0.29, 0.717) is 5.56 Å². The van der Waals surface area contributed by atoms with Gasteiger partial charge in [0.25, 0.3) is 0 Å². The fourth-order valence-corrected chi connectivity index (χ4v) is 2.36. The Morgan fingerprint density at radius 3 is 1.86 bits per heavy atom. The first kappa shape index (κ1) is 14.0. The Morgan fingerprint density at radius 1 is 0.818 bits per heavy atom. The summed E-state index contributed by atoms with van der Waals surface area (Å²) >= 11 is 0. The van der Waals surface area contributed by atoms with Gasteiger partial charge in [-0.3, -0.25) is 0 Å². The smallest absolute Gasteiger partial charge is 0.205 e. The highest BCUT2D eigenvalue weighted by molar-refractivity contribution is 5.61. The van der Waals surface area contributed by atoms with Crippen LogP contribution in [0.25, 0.3) is 16.8 Å². The van der Waals surface area contributed by atoms with Crippen LogP contribution in [-0.2, 0) is 6.54 Å². The summed E-state index contributed by atoms with van der Waals surface area (Å²) in [6.07, 6.45) is 8.27. The molecule has 106 valence electrons. The monoisotopic (exact) mass is 287 g/mol. The van der Waals surface area contributed by atoms with E-state index in [9.17, 15) is 0 Å². The van der Waals surface area contributed by atoms with Gasteiger partial charge in [0.2, 0.25) is 5.69 Å². The molecule has 1 aromatic carbocycles. The maximum absolute atomic E-state index is 8.84. The van der Waals surface area contributed by atoms with Crippen molar-refractivity contribution in [3.05, 3.63) is 78.9 Å². The van der Waals surface area contributed by atoms with E-state index in [-0.39, 0.29) is 0 Å². The Hall–Kier alpha value is -2.99. The number of nitriles is 1. The van der Waals surface area contributed by atoms with Gasteiger partial charge in [0, 0.05) is 36.4 Å². The molecule has 0 spiro atoms. The first-order valence-electron chi connectivity index (χ1n) is 7.31. The Bertz CT molecular complexity index is 795. The lowest BCUT2D eigenvalue weighted by molar-refractivity contribution is -0.693. The quantitative estimate of drug-likeness (QED) is 0.682. The topological polar surface area (TPSA) is 31.5 Å². The van der Waals surface area contributed by atoms with Gasteiger partial charge < -0.3 is 0 Å². The first-order chi connectivity index (χ1) is 10.8. The van der Waals surface area contributed by atoms with Crippen LogP contribution in [0, 0.1) is 11.3 Å². The van der Waals surface area contributed by atoms with E-state index in [1.165, 1.54) is 11.1 Å². The second-order valence-electron chi connectivity index (χ2n) is 5.07. The van der Waals surface area contributed by atoms with Crippen LogP contribution < -0.4 is 9.13 Å². The van der Waals surface area contributed by atoms with Gasteiger partial charge >= 0.3 is 0 Å². The molecule has 0 bridgehead atoms. The summed E-state index contributed by atoms with van der Waals surface area (Å²) in [5.74, 6) is 0. The van der Waals surface area contributed by atoms with E-state index in [1.54, 1.807) is 0 Å². The predicted molar refractivity (Wildman–Crippen MR) is 84.0 cm³/mol. The van der Waals surface area contributed by atoms with Crippen LogP contribution in [0.4, 0.5) is 0 Å². The van der Waals surface area contributed by atoms with Crippen LogP contribution in [0.1, 0.15) is 12.5 Å².